The fourth-order valence-corrected chi connectivity index (χ4v) is 2.81. The van der Waals surface area contributed by atoms with Crippen LogP contribution in [0.2, 0.25) is 0 Å². The lowest BCUT2D eigenvalue weighted by molar-refractivity contribution is -0.131. The van der Waals surface area contributed by atoms with Crippen molar-refractivity contribution in [1.29, 1.82) is 0 Å². The fraction of sp³-hybridized carbons (Fsp3) is 0.0800. The average molecular weight is 414 g/mol. The maximum atomic E-state index is 12.5. The Labute approximate surface area is 180 Å². The summed E-state index contributed by atoms with van der Waals surface area (Å²) in [6.45, 7) is 1.62. The number of rotatable bonds is 7. The van der Waals surface area contributed by atoms with Crippen molar-refractivity contribution in [3.63, 3.8) is 0 Å². The van der Waals surface area contributed by atoms with Gasteiger partial charge in [0.05, 0.1) is 0 Å². The van der Waals surface area contributed by atoms with Crippen molar-refractivity contribution < 1.29 is 19.1 Å². The van der Waals surface area contributed by atoms with Crippen molar-refractivity contribution in [3.8, 4) is 5.75 Å². The van der Waals surface area contributed by atoms with Gasteiger partial charge in [-0.25, -0.2) is 0 Å². The molecule has 3 aromatic rings. The monoisotopic (exact) mass is 414 g/mol. The zero-order chi connectivity index (χ0) is 22.1. The number of carbonyl (C=O) groups excluding carboxylic acids is 3. The minimum Gasteiger partial charge on any atom is -0.427 e. The smallest absolute Gasteiger partial charge is 0.308 e. The number of hydrogen-bond donors (Lipinski definition) is 2. The predicted octanol–water partition coefficient (Wildman–Crippen LogP) is 4.19. The molecule has 3 aromatic carbocycles. The van der Waals surface area contributed by atoms with Gasteiger partial charge in [0.2, 0.25) is 5.91 Å². The lowest BCUT2D eigenvalue weighted by Gasteiger charge is -2.09. The van der Waals surface area contributed by atoms with Gasteiger partial charge in [0.25, 0.3) is 5.91 Å². The van der Waals surface area contributed by atoms with Gasteiger partial charge in [-0.2, -0.15) is 0 Å². The third kappa shape index (κ3) is 6.97. The Hall–Kier alpha value is -4.19. The highest BCUT2D eigenvalue weighted by Crippen LogP contribution is 2.16. The standard InChI is InChI=1S/C25H22N2O4/c1-18(28)31-23-12-6-10-21(16-23)25(30)27-22-11-5-9-20(15-22)17-26-24(29)14-13-19-7-3-2-4-8-19/h2-16H,17H2,1H3,(H,26,29)(H,27,30)/b14-13+. The lowest BCUT2D eigenvalue weighted by atomic mass is 10.1. The van der Waals surface area contributed by atoms with E-state index in [1.807, 2.05) is 36.4 Å². The van der Waals surface area contributed by atoms with E-state index in [0.29, 0.717) is 23.5 Å². The van der Waals surface area contributed by atoms with Gasteiger partial charge in [-0.1, -0.05) is 48.5 Å². The van der Waals surface area contributed by atoms with Gasteiger partial charge in [-0.3, -0.25) is 14.4 Å². The molecule has 0 heterocycles. The number of esters is 1. The molecule has 0 aliphatic carbocycles. The first-order valence-electron chi connectivity index (χ1n) is 9.69. The third-order valence-electron chi connectivity index (χ3n) is 4.24. The molecule has 156 valence electrons. The Kier molecular flexibility index (Phi) is 7.32. The Morgan fingerprint density at radius 1 is 0.903 bits per heavy atom. The first-order chi connectivity index (χ1) is 15.0. The van der Waals surface area contributed by atoms with Crippen molar-refractivity contribution in [2.75, 3.05) is 5.32 Å². The molecule has 0 atom stereocenters. The molecule has 0 aliphatic rings. The van der Waals surface area contributed by atoms with Gasteiger partial charge in [0.1, 0.15) is 5.75 Å². The van der Waals surface area contributed by atoms with Crippen LogP contribution in [0, 0.1) is 0 Å². The number of benzene rings is 3. The first kappa shape index (κ1) is 21.5. The molecular formula is C25H22N2O4. The number of amides is 2. The SMILES string of the molecule is CC(=O)Oc1cccc(C(=O)Nc2cccc(CNC(=O)/C=C/c3ccccc3)c2)c1. The summed E-state index contributed by atoms with van der Waals surface area (Å²) in [6, 6.07) is 23.1. The molecule has 6 heteroatoms. The van der Waals surface area contributed by atoms with E-state index in [9.17, 15) is 14.4 Å². The first-order valence-corrected chi connectivity index (χ1v) is 9.69. The second-order valence-electron chi connectivity index (χ2n) is 6.74. The highest BCUT2D eigenvalue weighted by molar-refractivity contribution is 6.04. The normalized spacial score (nSPS) is 10.5. The predicted molar refractivity (Wildman–Crippen MR) is 119 cm³/mol. The van der Waals surface area contributed by atoms with Gasteiger partial charge in [-0.15, -0.1) is 0 Å². The fourth-order valence-electron chi connectivity index (χ4n) is 2.81. The van der Waals surface area contributed by atoms with Gasteiger partial charge in [0.15, 0.2) is 0 Å². The minimum absolute atomic E-state index is 0.208. The van der Waals surface area contributed by atoms with Crippen LogP contribution in [0.5, 0.6) is 5.75 Å². The lowest BCUT2D eigenvalue weighted by Crippen LogP contribution is -2.20. The van der Waals surface area contributed by atoms with Crippen LogP contribution in [0.15, 0.2) is 84.9 Å². The van der Waals surface area contributed by atoms with Crippen molar-refractivity contribution in [2.45, 2.75) is 13.5 Å². The highest BCUT2D eigenvalue weighted by Gasteiger charge is 2.09. The topological polar surface area (TPSA) is 84.5 Å². The van der Waals surface area contributed by atoms with E-state index in [1.54, 1.807) is 42.5 Å². The number of hydrogen-bond acceptors (Lipinski definition) is 4. The maximum Gasteiger partial charge on any atom is 0.308 e. The summed E-state index contributed by atoms with van der Waals surface area (Å²) < 4.78 is 5.01. The Balaban J connectivity index is 1.57. The van der Waals surface area contributed by atoms with Crippen molar-refractivity contribution in [3.05, 3.63) is 102 Å². The summed E-state index contributed by atoms with van der Waals surface area (Å²) in [5.74, 6) is -0.687. The molecule has 0 aliphatic heterocycles. The van der Waals surface area contributed by atoms with Gasteiger partial charge >= 0.3 is 5.97 Å². The average Bonchev–Trinajstić information content (AvgIpc) is 2.77. The quantitative estimate of drug-likeness (QED) is 0.345. The number of carbonyl (C=O) groups is 3. The molecule has 0 saturated heterocycles. The molecule has 0 bridgehead atoms. The van der Waals surface area contributed by atoms with Crippen LogP contribution in [-0.4, -0.2) is 17.8 Å². The molecule has 31 heavy (non-hydrogen) atoms. The number of anilines is 1. The van der Waals surface area contributed by atoms with Crippen LogP contribution in [-0.2, 0) is 16.1 Å². The van der Waals surface area contributed by atoms with Gasteiger partial charge in [0, 0.05) is 30.8 Å². The summed E-state index contributed by atoms with van der Waals surface area (Å²) in [6.07, 6.45) is 3.23. The molecule has 0 spiro atoms. The van der Waals surface area contributed by atoms with E-state index in [-0.39, 0.29) is 11.8 Å². The number of ether oxygens (including phenoxy) is 1. The van der Waals surface area contributed by atoms with Crippen LogP contribution in [0.25, 0.3) is 6.08 Å². The molecule has 3 rings (SSSR count). The van der Waals surface area contributed by atoms with E-state index < -0.39 is 5.97 Å². The zero-order valence-electron chi connectivity index (χ0n) is 17.0. The highest BCUT2D eigenvalue weighted by atomic mass is 16.5. The van der Waals surface area contributed by atoms with Crippen LogP contribution in [0.3, 0.4) is 0 Å². The summed E-state index contributed by atoms with van der Waals surface area (Å²) in [5.41, 5.74) is 2.74. The van der Waals surface area contributed by atoms with E-state index in [2.05, 4.69) is 10.6 Å². The van der Waals surface area contributed by atoms with Gasteiger partial charge < -0.3 is 15.4 Å². The maximum absolute atomic E-state index is 12.5. The molecular weight excluding hydrogens is 392 g/mol. The molecule has 0 saturated carbocycles. The number of nitrogens with one attached hydrogen (secondary N) is 2. The zero-order valence-corrected chi connectivity index (χ0v) is 17.0. The Morgan fingerprint density at radius 3 is 2.45 bits per heavy atom. The molecule has 2 N–H and O–H groups in total. The minimum atomic E-state index is -0.453. The van der Waals surface area contributed by atoms with E-state index in [1.165, 1.54) is 19.1 Å². The van der Waals surface area contributed by atoms with Crippen molar-refractivity contribution in [1.82, 2.24) is 5.32 Å². The molecule has 0 fully saturated rings. The van der Waals surface area contributed by atoms with E-state index in [4.69, 9.17) is 4.74 Å². The molecule has 0 unspecified atom stereocenters. The van der Waals surface area contributed by atoms with Crippen LogP contribution < -0.4 is 15.4 Å². The van der Waals surface area contributed by atoms with Crippen LogP contribution in [0.4, 0.5) is 5.69 Å². The van der Waals surface area contributed by atoms with E-state index in [0.717, 1.165) is 11.1 Å². The van der Waals surface area contributed by atoms with Gasteiger partial charge in [-0.05, 0) is 47.5 Å². The second-order valence-corrected chi connectivity index (χ2v) is 6.74. The van der Waals surface area contributed by atoms with Crippen LogP contribution >= 0.6 is 0 Å². The second kappa shape index (κ2) is 10.5. The van der Waals surface area contributed by atoms with Crippen molar-refractivity contribution >= 4 is 29.5 Å². The molecule has 6 nitrogen and oxygen atoms in total. The molecule has 0 radical (unpaired) electrons. The summed E-state index contributed by atoms with van der Waals surface area (Å²) in [4.78, 5) is 35.6. The summed E-state index contributed by atoms with van der Waals surface area (Å²) in [5, 5.41) is 5.63. The third-order valence-corrected chi connectivity index (χ3v) is 4.24. The Bertz CT molecular complexity index is 1110. The summed E-state index contributed by atoms with van der Waals surface area (Å²) >= 11 is 0. The summed E-state index contributed by atoms with van der Waals surface area (Å²) in [7, 11) is 0. The largest absolute Gasteiger partial charge is 0.427 e. The van der Waals surface area contributed by atoms with E-state index >= 15 is 0 Å². The Morgan fingerprint density at radius 2 is 1.68 bits per heavy atom. The van der Waals surface area contributed by atoms with Crippen molar-refractivity contribution in [2.24, 2.45) is 0 Å². The molecule has 0 aromatic heterocycles. The van der Waals surface area contributed by atoms with Crippen LogP contribution in [0.1, 0.15) is 28.4 Å². The molecule has 2 amide bonds.